The van der Waals surface area contributed by atoms with Crippen molar-refractivity contribution in [3.63, 3.8) is 0 Å². The number of aromatic nitrogens is 1. The van der Waals surface area contributed by atoms with E-state index in [1.54, 1.807) is 6.07 Å². The van der Waals surface area contributed by atoms with Crippen LogP contribution in [0.4, 0.5) is 17.1 Å². The van der Waals surface area contributed by atoms with E-state index in [1.165, 1.54) is 64.4 Å². The van der Waals surface area contributed by atoms with E-state index in [-0.39, 0.29) is 22.0 Å². The number of primary sulfonamides is 1. The SMILES string of the molecule is NS(=O)(=O)c1ccc(NC(=O)Cn2c3c(sc2=O)[C@@H](c2cccs2)C2C(=O)N(c4ccc([N+](=O)[O-])cc4)C(=O)C2S3)cc1. The number of hydrogen-bond acceptors (Lipinski definition) is 11. The number of carbonyl (C=O) groups excluding carboxylic acids is 3. The van der Waals surface area contributed by atoms with Crippen molar-refractivity contribution >= 4 is 79.2 Å². The molecule has 13 nitrogen and oxygen atoms in total. The number of sulfonamides is 1. The van der Waals surface area contributed by atoms with Crippen molar-refractivity contribution in [2.24, 2.45) is 11.1 Å². The van der Waals surface area contributed by atoms with Gasteiger partial charge in [-0.05, 0) is 47.8 Å². The molecule has 2 aromatic carbocycles. The highest BCUT2D eigenvalue weighted by molar-refractivity contribution is 8.00. The summed E-state index contributed by atoms with van der Waals surface area (Å²) < 4.78 is 24.3. The molecule has 6 rings (SSSR count). The summed E-state index contributed by atoms with van der Waals surface area (Å²) >= 11 is 3.33. The van der Waals surface area contributed by atoms with Crippen LogP contribution in [0.1, 0.15) is 15.7 Å². The number of anilines is 2. The third-order valence-corrected chi connectivity index (χ3v) is 11.5. The fraction of sp³-hybridized carbons (Fsp3) is 0.154. The fourth-order valence-corrected chi connectivity index (χ4v) is 9.32. The maximum absolute atomic E-state index is 13.8. The Bertz CT molecular complexity index is 1950. The molecule has 220 valence electrons. The highest BCUT2D eigenvalue weighted by Gasteiger charge is 2.57. The number of carbonyl (C=O) groups is 3. The monoisotopic (exact) mass is 657 g/mol. The molecule has 1 fully saturated rings. The van der Waals surface area contributed by atoms with E-state index in [4.69, 9.17) is 5.14 Å². The lowest BCUT2D eigenvalue weighted by atomic mass is 9.87. The Morgan fingerprint density at radius 1 is 1.02 bits per heavy atom. The van der Waals surface area contributed by atoms with Crippen molar-refractivity contribution in [1.29, 1.82) is 0 Å². The number of benzene rings is 2. The van der Waals surface area contributed by atoms with Crippen LogP contribution in [0, 0.1) is 16.0 Å². The number of thiazole rings is 1. The lowest BCUT2D eigenvalue weighted by molar-refractivity contribution is -0.384. The van der Waals surface area contributed by atoms with Gasteiger partial charge < -0.3 is 5.32 Å². The number of thioether (sulfide) groups is 1. The van der Waals surface area contributed by atoms with Crippen LogP contribution < -0.4 is 20.2 Å². The van der Waals surface area contributed by atoms with Crippen molar-refractivity contribution in [2.75, 3.05) is 10.2 Å². The summed E-state index contributed by atoms with van der Waals surface area (Å²) in [5, 5.41) is 20.2. The molecule has 0 aliphatic carbocycles. The first-order valence-electron chi connectivity index (χ1n) is 12.4. The van der Waals surface area contributed by atoms with E-state index in [2.05, 4.69) is 5.32 Å². The van der Waals surface area contributed by atoms with E-state index in [1.807, 2.05) is 11.4 Å². The molecule has 1 saturated heterocycles. The van der Waals surface area contributed by atoms with Gasteiger partial charge in [0.05, 0.1) is 26.5 Å². The number of amides is 3. The number of nitro benzene ring substituents is 1. The highest BCUT2D eigenvalue weighted by Crippen LogP contribution is 2.54. The Balaban J connectivity index is 1.33. The molecular weight excluding hydrogens is 639 g/mol. The summed E-state index contributed by atoms with van der Waals surface area (Å²) in [5.41, 5.74) is 0.305. The topological polar surface area (TPSA) is 192 Å². The van der Waals surface area contributed by atoms with Crippen LogP contribution in [-0.4, -0.2) is 40.9 Å². The van der Waals surface area contributed by atoms with E-state index >= 15 is 0 Å². The molecule has 2 aliphatic heterocycles. The molecule has 2 unspecified atom stereocenters. The maximum atomic E-state index is 13.8. The second kappa shape index (κ2) is 10.8. The number of nitrogens with two attached hydrogens (primary N) is 1. The molecule has 0 bridgehead atoms. The molecule has 3 atom stereocenters. The molecule has 2 aromatic heterocycles. The molecule has 4 aromatic rings. The van der Waals surface area contributed by atoms with Crippen molar-refractivity contribution in [3.8, 4) is 0 Å². The standard InChI is InChI=1S/C26H19N5O8S4/c27-43(38,39)16-9-3-13(4-10-16)28-18(32)12-29-25-22(42-26(29)35)19(17-2-1-11-40-17)20-21(41-25)24(34)30(23(20)33)14-5-7-15(8-6-14)31(36)37/h1-11,19-21H,12H2,(H,28,32)(H2,27,38,39)/t19-,20?,21?/m0/s1. The second-order valence-electron chi connectivity index (χ2n) is 9.58. The zero-order valence-electron chi connectivity index (χ0n) is 21.6. The predicted octanol–water partition coefficient (Wildman–Crippen LogP) is 2.96. The van der Waals surface area contributed by atoms with Crippen molar-refractivity contribution < 1.29 is 27.7 Å². The molecule has 43 heavy (non-hydrogen) atoms. The summed E-state index contributed by atoms with van der Waals surface area (Å²) in [6, 6.07) is 14.0. The minimum absolute atomic E-state index is 0.127. The van der Waals surface area contributed by atoms with Gasteiger partial charge in [-0.1, -0.05) is 29.2 Å². The quantitative estimate of drug-likeness (QED) is 0.171. The molecule has 3 amide bonds. The van der Waals surface area contributed by atoms with Crippen molar-refractivity contribution in [3.05, 3.63) is 95.6 Å². The number of hydrogen-bond donors (Lipinski definition) is 2. The Labute approximate surface area is 255 Å². The molecule has 3 N–H and O–H groups in total. The highest BCUT2D eigenvalue weighted by atomic mass is 32.2. The Morgan fingerprint density at radius 2 is 1.72 bits per heavy atom. The fourth-order valence-electron chi connectivity index (χ4n) is 5.08. The van der Waals surface area contributed by atoms with E-state index in [0.29, 0.717) is 9.90 Å². The van der Waals surface area contributed by atoms with Crippen LogP contribution in [0.3, 0.4) is 0 Å². The molecule has 17 heteroatoms. The van der Waals surface area contributed by atoms with Crippen molar-refractivity contribution in [1.82, 2.24) is 4.57 Å². The normalized spacial score (nSPS) is 19.7. The van der Waals surface area contributed by atoms with E-state index in [9.17, 15) is 37.7 Å². The number of imide groups is 1. The first-order valence-corrected chi connectivity index (χ1v) is 16.5. The first kappa shape index (κ1) is 28.9. The van der Waals surface area contributed by atoms with Gasteiger partial charge in [0.2, 0.25) is 27.7 Å². The van der Waals surface area contributed by atoms with Gasteiger partial charge in [0.25, 0.3) is 5.69 Å². The van der Waals surface area contributed by atoms with E-state index in [0.717, 1.165) is 32.9 Å². The lowest BCUT2D eigenvalue weighted by Crippen LogP contribution is -2.32. The van der Waals surface area contributed by atoms with Crippen molar-refractivity contribution in [2.45, 2.75) is 27.6 Å². The summed E-state index contributed by atoms with van der Waals surface area (Å²) in [4.78, 5) is 66.0. The third kappa shape index (κ3) is 5.18. The van der Waals surface area contributed by atoms with Crippen LogP contribution in [0.5, 0.6) is 0 Å². The zero-order chi connectivity index (χ0) is 30.6. The number of nitrogens with one attached hydrogen (secondary N) is 1. The average molecular weight is 658 g/mol. The summed E-state index contributed by atoms with van der Waals surface area (Å²) in [5.74, 6) is -3.02. The Kier molecular flexibility index (Phi) is 7.29. The van der Waals surface area contributed by atoms with E-state index < -0.39 is 61.2 Å². The second-order valence-corrected chi connectivity index (χ2v) is 14.2. The number of thiophene rings is 1. The Morgan fingerprint density at radius 3 is 2.33 bits per heavy atom. The molecule has 4 heterocycles. The Hall–Kier alpha value is -4.16. The third-order valence-electron chi connectivity index (χ3n) is 6.99. The zero-order valence-corrected chi connectivity index (χ0v) is 24.9. The summed E-state index contributed by atoms with van der Waals surface area (Å²) in [6.07, 6.45) is 0. The van der Waals surface area contributed by atoms with Gasteiger partial charge in [-0.2, -0.15) is 0 Å². The summed E-state index contributed by atoms with van der Waals surface area (Å²) in [6.45, 7) is -0.392. The smallest absolute Gasteiger partial charge is 0.308 e. The largest absolute Gasteiger partial charge is 0.325 e. The molecule has 2 aliphatic rings. The summed E-state index contributed by atoms with van der Waals surface area (Å²) in [7, 11) is -3.91. The molecular formula is C26H19N5O8S4. The minimum Gasteiger partial charge on any atom is -0.325 e. The van der Waals surface area contributed by atoms with Gasteiger partial charge in [-0.15, -0.1) is 11.3 Å². The molecule has 0 radical (unpaired) electrons. The molecule has 0 spiro atoms. The number of nitrogens with zero attached hydrogens (tertiary/aromatic N) is 3. The number of rotatable bonds is 7. The predicted molar refractivity (Wildman–Crippen MR) is 160 cm³/mol. The van der Waals surface area contributed by atoms with Crippen LogP contribution >= 0.6 is 34.4 Å². The van der Waals surface area contributed by atoms with Gasteiger partial charge >= 0.3 is 4.87 Å². The van der Waals surface area contributed by atoms with Crippen LogP contribution in [0.2, 0.25) is 0 Å². The average Bonchev–Trinajstić information content (AvgIpc) is 3.66. The number of fused-ring (bicyclic) bond motifs is 2. The van der Waals surface area contributed by atoms with Crippen LogP contribution in [0.15, 0.2) is 80.8 Å². The lowest BCUT2D eigenvalue weighted by Gasteiger charge is -2.29. The first-order chi connectivity index (χ1) is 20.4. The van der Waals surface area contributed by atoms with Crippen LogP contribution in [-0.2, 0) is 31.0 Å². The van der Waals surface area contributed by atoms with Gasteiger partial charge in [0.1, 0.15) is 11.8 Å². The van der Waals surface area contributed by atoms with Crippen LogP contribution in [0.25, 0.3) is 0 Å². The number of non-ortho nitro benzene ring substituents is 1. The van der Waals surface area contributed by atoms with Gasteiger partial charge in [0.15, 0.2) is 0 Å². The minimum atomic E-state index is -3.91. The van der Waals surface area contributed by atoms with Gasteiger partial charge in [-0.3, -0.25) is 33.9 Å². The maximum Gasteiger partial charge on any atom is 0.308 e. The number of nitro groups is 1. The van der Waals surface area contributed by atoms with Gasteiger partial charge in [-0.25, -0.2) is 18.5 Å². The molecule has 0 saturated carbocycles. The van der Waals surface area contributed by atoms with Gasteiger partial charge in [0, 0.05) is 33.5 Å².